The Kier molecular flexibility index (Phi) is 10.1. The molecule has 0 aliphatic carbocycles. The van der Waals surface area contributed by atoms with E-state index in [0.29, 0.717) is 19.6 Å². The number of piperazine rings is 1. The maximum absolute atomic E-state index is 12.5. The molecule has 1 aromatic heterocycles. The number of aliphatic imine (C=N–C) groups is 1. The highest BCUT2D eigenvalue weighted by molar-refractivity contribution is 14.0. The van der Waals surface area contributed by atoms with Crippen LogP contribution in [0.15, 0.2) is 22.5 Å². The third kappa shape index (κ3) is 6.64. The van der Waals surface area contributed by atoms with Crippen LogP contribution in [0, 0.1) is 0 Å². The number of thiophene rings is 1. The molecule has 2 fully saturated rings. The first-order valence-electron chi connectivity index (χ1n) is 9.47. The lowest BCUT2D eigenvalue weighted by Crippen LogP contribution is -2.52. The number of thioether (sulfide) groups is 1. The van der Waals surface area contributed by atoms with Crippen LogP contribution in [0.25, 0.3) is 0 Å². The van der Waals surface area contributed by atoms with Gasteiger partial charge in [0.25, 0.3) is 0 Å². The lowest BCUT2D eigenvalue weighted by atomic mass is 10.3. The van der Waals surface area contributed by atoms with Gasteiger partial charge in [-0.25, -0.2) is 12.7 Å². The number of rotatable bonds is 6. The summed E-state index contributed by atoms with van der Waals surface area (Å²) in [6, 6.07) is 4.24. The minimum absolute atomic E-state index is 0. The Morgan fingerprint density at radius 1 is 1.18 bits per heavy atom. The van der Waals surface area contributed by atoms with Gasteiger partial charge in [0.05, 0.1) is 17.3 Å². The van der Waals surface area contributed by atoms with Crippen molar-refractivity contribution in [3.8, 4) is 0 Å². The Labute approximate surface area is 194 Å². The molecular weight excluding hydrogens is 529 g/mol. The van der Waals surface area contributed by atoms with E-state index in [2.05, 4.69) is 37.6 Å². The summed E-state index contributed by atoms with van der Waals surface area (Å²) in [5.74, 6) is 2.69. The Balaban J connectivity index is 0.00000280. The van der Waals surface area contributed by atoms with Crippen LogP contribution in [-0.2, 0) is 10.0 Å². The van der Waals surface area contributed by atoms with E-state index in [-0.39, 0.29) is 29.7 Å². The second-order valence-electron chi connectivity index (χ2n) is 6.49. The molecule has 7 nitrogen and oxygen atoms in total. The van der Waals surface area contributed by atoms with Crippen LogP contribution >= 0.6 is 47.1 Å². The van der Waals surface area contributed by atoms with Gasteiger partial charge >= 0.3 is 0 Å². The summed E-state index contributed by atoms with van der Waals surface area (Å²) in [6.07, 6.45) is 0. The predicted molar refractivity (Wildman–Crippen MR) is 132 cm³/mol. The van der Waals surface area contributed by atoms with Gasteiger partial charge in [0.2, 0.25) is 10.0 Å². The average Bonchev–Trinajstić information content (AvgIpc) is 3.23. The predicted octanol–water partition coefficient (Wildman–Crippen LogP) is 1.83. The Hall–Kier alpha value is -0.240. The Bertz CT molecular complexity index is 700. The third-order valence-electron chi connectivity index (χ3n) is 4.71. The van der Waals surface area contributed by atoms with Gasteiger partial charge in [0, 0.05) is 57.3 Å². The van der Waals surface area contributed by atoms with E-state index in [4.69, 9.17) is 0 Å². The van der Waals surface area contributed by atoms with E-state index < -0.39 is 10.0 Å². The van der Waals surface area contributed by atoms with Gasteiger partial charge in [-0.3, -0.25) is 4.99 Å². The summed E-state index contributed by atoms with van der Waals surface area (Å²) in [5.41, 5.74) is 0. The van der Waals surface area contributed by atoms with Crippen molar-refractivity contribution in [1.29, 1.82) is 0 Å². The topological polar surface area (TPSA) is 68.2 Å². The van der Waals surface area contributed by atoms with E-state index in [9.17, 15) is 8.42 Å². The van der Waals surface area contributed by atoms with Crippen molar-refractivity contribution >= 4 is 68.1 Å². The van der Waals surface area contributed by atoms with E-state index in [1.54, 1.807) is 15.6 Å². The maximum Gasteiger partial charge on any atom is 0.215 e. The first-order chi connectivity index (χ1) is 13.1. The number of anilines is 1. The van der Waals surface area contributed by atoms with Gasteiger partial charge in [-0.05, 0) is 24.4 Å². The maximum atomic E-state index is 12.5. The van der Waals surface area contributed by atoms with Gasteiger partial charge in [0.15, 0.2) is 5.96 Å². The van der Waals surface area contributed by atoms with Gasteiger partial charge in [-0.2, -0.15) is 11.8 Å². The summed E-state index contributed by atoms with van der Waals surface area (Å²) >= 11 is 3.58. The lowest BCUT2D eigenvalue weighted by Gasteiger charge is -2.37. The molecule has 0 radical (unpaired) electrons. The zero-order chi connectivity index (χ0) is 19.1. The fourth-order valence-corrected chi connectivity index (χ4v) is 6.47. The van der Waals surface area contributed by atoms with Crippen LogP contribution in [0.2, 0.25) is 0 Å². The molecular formula is C17H30IN5O2S3. The molecule has 2 saturated heterocycles. The molecule has 2 aliphatic heterocycles. The van der Waals surface area contributed by atoms with Crippen molar-refractivity contribution in [2.75, 3.05) is 74.5 Å². The molecule has 3 rings (SSSR count). The SMILES string of the molecule is CCNC(=NCCS(=O)(=O)N1CCSCC1)N1CCN(c2cccs2)CC1.I. The van der Waals surface area contributed by atoms with E-state index in [0.717, 1.165) is 50.2 Å². The molecule has 0 atom stereocenters. The molecule has 1 aromatic rings. The lowest BCUT2D eigenvalue weighted by molar-refractivity contribution is 0.373. The first kappa shape index (κ1) is 24.0. The average molecular weight is 560 g/mol. The number of halogens is 1. The van der Waals surface area contributed by atoms with Crippen LogP contribution in [0.4, 0.5) is 5.00 Å². The molecule has 0 amide bonds. The van der Waals surface area contributed by atoms with Crippen LogP contribution in [0.3, 0.4) is 0 Å². The highest BCUT2D eigenvalue weighted by Gasteiger charge is 2.24. The third-order valence-corrected chi connectivity index (χ3v) is 8.43. The summed E-state index contributed by atoms with van der Waals surface area (Å²) in [4.78, 5) is 9.24. The van der Waals surface area contributed by atoms with Crippen molar-refractivity contribution in [3.63, 3.8) is 0 Å². The van der Waals surface area contributed by atoms with E-state index in [1.165, 1.54) is 5.00 Å². The molecule has 3 heterocycles. The van der Waals surface area contributed by atoms with Gasteiger partial charge in [-0.15, -0.1) is 35.3 Å². The quantitative estimate of drug-likeness (QED) is 0.326. The zero-order valence-corrected chi connectivity index (χ0v) is 21.0. The molecule has 1 N–H and O–H groups in total. The van der Waals surface area contributed by atoms with Crippen LogP contribution in [0.1, 0.15) is 6.92 Å². The number of guanidine groups is 1. The standard InChI is InChI=1S/C17H29N5O2S3.HI/c1-2-18-17(19-5-15-27(23,24)22-10-13-25-14-11-22)21-8-6-20(7-9-21)16-4-3-12-26-16;/h3-4,12H,2,5-11,13-15H2,1H3,(H,18,19);1H. The molecule has 11 heteroatoms. The normalized spacial score (nSPS) is 19.4. The van der Waals surface area contributed by atoms with Gasteiger partial charge < -0.3 is 15.1 Å². The van der Waals surface area contributed by atoms with Crippen LogP contribution < -0.4 is 10.2 Å². The molecule has 160 valence electrons. The van der Waals surface area contributed by atoms with Crippen molar-refractivity contribution in [3.05, 3.63) is 17.5 Å². The number of hydrogen-bond acceptors (Lipinski definition) is 6. The van der Waals surface area contributed by atoms with Crippen LogP contribution in [-0.4, -0.2) is 93.2 Å². The molecule has 0 saturated carbocycles. The fourth-order valence-electron chi connectivity index (χ4n) is 3.24. The van der Waals surface area contributed by atoms with Crippen molar-refractivity contribution in [2.24, 2.45) is 4.99 Å². The second kappa shape index (κ2) is 11.8. The highest BCUT2D eigenvalue weighted by Crippen LogP contribution is 2.22. The minimum Gasteiger partial charge on any atom is -0.360 e. The van der Waals surface area contributed by atoms with Gasteiger partial charge in [-0.1, -0.05) is 0 Å². The zero-order valence-electron chi connectivity index (χ0n) is 16.2. The number of hydrogen-bond donors (Lipinski definition) is 1. The van der Waals surface area contributed by atoms with E-state index in [1.807, 2.05) is 18.7 Å². The molecule has 0 unspecified atom stereocenters. The molecule has 2 aliphatic rings. The monoisotopic (exact) mass is 559 g/mol. The highest BCUT2D eigenvalue weighted by atomic mass is 127. The smallest absolute Gasteiger partial charge is 0.215 e. The molecule has 0 aromatic carbocycles. The first-order valence-corrected chi connectivity index (χ1v) is 13.1. The summed E-state index contributed by atoms with van der Waals surface area (Å²) in [7, 11) is -3.20. The second-order valence-corrected chi connectivity index (χ2v) is 10.7. The van der Waals surface area contributed by atoms with E-state index >= 15 is 0 Å². The summed E-state index contributed by atoms with van der Waals surface area (Å²) in [5, 5.41) is 6.73. The van der Waals surface area contributed by atoms with Crippen molar-refractivity contribution in [1.82, 2.24) is 14.5 Å². The molecule has 0 bridgehead atoms. The Morgan fingerprint density at radius 3 is 2.50 bits per heavy atom. The van der Waals surface area contributed by atoms with Crippen molar-refractivity contribution in [2.45, 2.75) is 6.92 Å². The largest absolute Gasteiger partial charge is 0.360 e. The van der Waals surface area contributed by atoms with Crippen LogP contribution in [0.5, 0.6) is 0 Å². The number of nitrogens with one attached hydrogen (secondary N) is 1. The fraction of sp³-hybridized carbons (Fsp3) is 0.706. The number of sulfonamides is 1. The van der Waals surface area contributed by atoms with Gasteiger partial charge in [0.1, 0.15) is 0 Å². The van der Waals surface area contributed by atoms with Crippen molar-refractivity contribution < 1.29 is 8.42 Å². The Morgan fingerprint density at radius 2 is 1.89 bits per heavy atom. The summed E-state index contributed by atoms with van der Waals surface area (Å²) < 4.78 is 26.6. The number of nitrogens with zero attached hydrogens (tertiary/aromatic N) is 4. The molecule has 0 spiro atoms. The summed E-state index contributed by atoms with van der Waals surface area (Å²) in [6.45, 7) is 8.06. The minimum atomic E-state index is -3.20. The molecule has 28 heavy (non-hydrogen) atoms.